The van der Waals surface area contributed by atoms with E-state index in [4.69, 9.17) is 0 Å². The topological polar surface area (TPSA) is 63.9 Å². The molecule has 0 bridgehead atoms. The molecule has 1 fully saturated rings. The molecule has 0 spiro atoms. The fraction of sp³-hybridized carbons (Fsp3) is 0.600. The van der Waals surface area contributed by atoms with E-state index in [1.54, 1.807) is 0 Å². The molecule has 4 rings (SSSR count). The molecule has 0 unspecified atom stereocenters. The molecular formula is C15H19N5OS. The Labute approximate surface area is 133 Å². The summed E-state index contributed by atoms with van der Waals surface area (Å²) in [5, 5.41) is 11.5. The van der Waals surface area contributed by atoms with E-state index in [9.17, 15) is 4.79 Å². The Hall–Kier alpha value is -1.76. The Bertz CT molecular complexity index is 699. The van der Waals surface area contributed by atoms with E-state index < -0.39 is 0 Å². The van der Waals surface area contributed by atoms with Gasteiger partial charge >= 0.3 is 0 Å². The molecular weight excluding hydrogens is 298 g/mol. The van der Waals surface area contributed by atoms with Crippen molar-refractivity contribution >= 4 is 17.2 Å². The highest BCUT2D eigenvalue weighted by atomic mass is 32.1. The molecule has 2 aliphatic rings. The number of piperidine rings is 1. The molecule has 0 radical (unpaired) electrons. The van der Waals surface area contributed by atoms with Gasteiger partial charge in [0.2, 0.25) is 0 Å². The van der Waals surface area contributed by atoms with Gasteiger partial charge in [0, 0.05) is 37.4 Å². The Morgan fingerprint density at radius 2 is 2.09 bits per heavy atom. The first-order valence-electron chi connectivity index (χ1n) is 7.86. The first-order valence-corrected chi connectivity index (χ1v) is 8.73. The van der Waals surface area contributed by atoms with E-state index in [1.807, 2.05) is 17.2 Å². The molecule has 1 saturated heterocycles. The molecule has 0 saturated carbocycles. The molecule has 0 N–H and O–H groups in total. The first-order chi connectivity index (χ1) is 10.7. The largest absolute Gasteiger partial charge is 0.337 e. The molecule has 1 amide bonds. The highest BCUT2D eigenvalue weighted by molar-refractivity contribution is 7.09. The summed E-state index contributed by atoms with van der Waals surface area (Å²) in [7, 11) is 0. The van der Waals surface area contributed by atoms with Crippen LogP contribution in [0.2, 0.25) is 0 Å². The van der Waals surface area contributed by atoms with Crippen LogP contribution in [-0.2, 0) is 13.0 Å². The van der Waals surface area contributed by atoms with E-state index in [0.29, 0.717) is 11.6 Å². The summed E-state index contributed by atoms with van der Waals surface area (Å²) in [5.41, 5.74) is 0.587. The number of hydrogen-bond acceptors (Lipinski definition) is 5. The van der Waals surface area contributed by atoms with Crippen molar-refractivity contribution in [3.63, 3.8) is 0 Å². The maximum Gasteiger partial charge on any atom is 0.273 e. The van der Waals surface area contributed by atoms with Crippen molar-refractivity contribution < 1.29 is 4.79 Å². The fourth-order valence-electron chi connectivity index (χ4n) is 3.44. The van der Waals surface area contributed by atoms with E-state index >= 15 is 0 Å². The van der Waals surface area contributed by atoms with Crippen molar-refractivity contribution in [1.29, 1.82) is 0 Å². The molecule has 4 heterocycles. The average Bonchev–Trinajstić information content (AvgIpc) is 3.23. The summed E-state index contributed by atoms with van der Waals surface area (Å²) < 4.78 is 2.28. The van der Waals surface area contributed by atoms with E-state index in [2.05, 4.69) is 19.7 Å². The summed E-state index contributed by atoms with van der Waals surface area (Å²) in [6, 6.07) is 0. The van der Waals surface area contributed by atoms with Gasteiger partial charge in [0.1, 0.15) is 17.3 Å². The van der Waals surface area contributed by atoms with Crippen molar-refractivity contribution in [2.45, 2.75) is 45.1 Å². The van der Waals surface area contributed by atoms with Crippen LogP contribution in [0.25, 0.3) is 0 Å². The van der Waals surface area contributed by atoms with Gasteiger partial charge in [0.25, 0.3) is 5.91 Å². The molecule has 0 aliphatic carbocycles. The summed E-state index contributed by atoms with van der Waals surface area (Å²) in [6.07, 6.45) is 4.16. The van der Waals surface area contributed by atoms with Gasteiger partial charge < -0.3 is 9.47 Å². The van der Waals surface area contributed by atoms with Crippen LogP contribution in [0.3, 0.4) is 0 Å². The second-order valence-corrected chi connectivity index (χ2v) is 7.11. The van der Waals surface area contributed by atoms with Crippen LogP contribution in [0.5, 0.6) is 0 Å². The summed E-state index contributed by atoms with van der Waals surface area (Å²) in [5.74, 6) is 2.75. The van der Waals surface area contributed by atoms with Crippen molar-refractivity contribution in [3.8, 4) is 0 Å². The number of thiazole rings is 1. The molecule has 2 aliphatic heterocycles. The number of carbonyl (C=O) groups excluding carboxylic acids is 1. The Morgan fingerprint density at radius 3 is 2.82 bits per heavy atom. The molecule has 22 heavy (non-hydrogen) atoms. The van der Waals surface area contributed by atoms with Gasteiger partial charge in [-0.2, -0.15) is 0 Å². The number of rotatable bonds is 2. The number of nitrogens with zero attached hydrogens (tertiary/aromatic N) is 5. The monoisotopic (exact) mass is 317 g/mol. The van der Waals surface area contributed by atoms with Crippen LogP contribution in [-0.4, -0.2) is 43.6 Å². The number of carbonyl (C=O) groups is 1. The predicted molar refractivity (Wildman–Crippen MR) is 83.1 cm³/mol. The van der Waals surface area contributed by atoms with E-state index in [0.717, 1.165) is 55.6 Å². The minimum absolute atomic E-state index is 0.0641. The lowest BCUT2D eigenvalue weighted by molar-refractivity contribution is 0.0705. The normalized spacial score (nSPS) is 18.7. The van der Waals surface area contributed by atoms with Crippen molar-refractivity contribution in [1.82, 2.24) is 24.6 Å². The Balaban J connectivity index is 1.43. The van der Waals surface area contributed by atoms with Crippen LogP contribution in [0.1, 0.15) is 52.3 Å². The number of likely N-dealkylation sites (tertiary alicyclic amines) is 1. The highest BCUT2D eigenvalue weighted by Gasteiger charge is 2.30. The standard InChI is InChI=1S/C15H19N5OS/c1-10-16-12(9-22-10)15(21)19-7-4-11(5-8-19)14-18-17-13-3-2-6-20(13)14/h9,11H,2-8H2,1H3. The summed E-state index contributed by atoms with van der Waals surface area (Å²) in [4.78, 5) is 18.7. The third kappa shape index (κ3) is 2.33. The smallest absolute Gasteiger partial charge is 0.273 e. The second kappa shape index (κ2) is 5.46. The number of amides is 1. The van der Waals surface area contributed by atoms with Gasteiger partial charge in [-0.3, -0.25) is 4.79 Å². The number of fused-ring (bicyclic) bond motifs is 1. The molecule has 2 aromatic heterocycles. The Morgan fingerprint density at radius 1 is 1.27 bits per heavy atom. The van der Waals surface area contributed by atoms with Crippen LogP contribution >= 0.6 is 11.3 Å². The van der Waals surface area contributed by atoms with Crippen molar-refractivity contribution in [2.24, 2.45) is 0 Å². The maximum absolute atomic E-state index is 12.4. The zero-order valence-electron chi connectivity index (χ0n) is 12.7. The fourth-order valence-corrected chi connectivity index (χ4v) is 4.03. The maximum atomic E-state index is 12.4. The molecule has 0 aromatic carbocycles. The average molecular weight is 317 g/mol. The summed E-state index contributed by atoms with van der Waals surface area (Å²) in [6.45, 7) is 4.54. The zero-order chi connectivity index (χ0) is 15.1. The summed E-state index contributed by atoms with van der Waals surface area (Å²) >= 11 is 1.53. The molecule has 116 valence electrons. The lowest BCUT2D eigenvalue weighted by atomic mass is 9.95. The molecule has 6 nitrogen and oxygen atoms in total. The zero-order valence-corrected chi connectivity index (χ0v) is 13.5. The van der Waals surface area contributed by atoms with E-state index in [1.165, 1.54) is 17.8 Å². The Kier molecular flexibility index (Phi) is 3.44. The SMILES string of the molecule is Cc1nc(C(=O)N2CCC(c3nnc4n3CCC4)CC2)cs1. The third-order valence-electron chi connectivity index (χ3n) is 4.62. The minimum atomic E-state index is 0.0641. The molecule has 2 aromatic rings. The van der Waals surface area contributed by atoms with E-state index in [-0.39, 0.29) is 5.91 Å². The number of aromatic nitrogens is 4. The van der Waals surface area contributed by atoms with Crippen molar-refractivity contribution in [2.75, 3.05) is 13.1 Å². The second-order valence-electron chi connectivity index (χ2n) is 6.05. The number of hydrogen-bond donors (Lipinski definition) is 0. The third-order valence-corrected chi connectivity index (χ3v) is 5.40. The van der Waals surface area contributed by atoms with Gasteiger partial charge in [-0.1, -0.05) is 0 Å². The molecule has 0 atom stereocenters. The lowest BCUT2D eigenvalue weighted by Gasteiger charge is -2.31. The van der Waals surface area contributed by atoms with Crippen LogP contribution in [0.4, 0.5) is 0 Å². The quantitative estimate of drug-likeness (QED) is 0.850. The number of aryl methyl sites for hydroxylation is 2. The van der Waals surface area contributed by atoms with Crippen LogP contribution in [0, 0.1) is 6.92 Å². The van der Waals surface area contributed by atoms with Gasteiger partial charge in [0.15, 0.2) is 0 Å². The van der Waals surface area contributed by atoms with Crippen LogP contribution in [0.15, 0.2) is 5.38 Å². The molecule has 7 heteroatoms. The highest BCUT2D eigenvalue weighted by Crippen LogP contribution is 2.29. The predicted octanol–water partition coefficient (Wildman–Crippen LogP) is 2.01. The van der Waals surface area contributed by atoms with Gasteiger partial charge in [-0.05, 0) is 26.2 Å². The van der Waals surface area contributed by atoms with Gasteiger partial charge in [-0.25, -0.2) is 4.98 Å². The van der Waals surface area contributed by atoms with Gasteiger partial charge in [-0.15, -0.1) is 21.5 Å². The first kappa shape index (κ1) is 13.9. The lowest BCUT2D eigenvalue weighted by Crippen LogP contribution is -2.38. The van der Waals surface area contributed by atoms with Gasteiger partial charge in [0.05, 0.1) is 5.01 Å². The minimum Gasteiger partial charge on any atom is -0.337 e. The van der Waals surface area contributed by atoms with Crippen molar-refractivity contribution in [3.05, 3.63) is 27.7 Å². The van der Waals surface area contributed by atoms with Crippen LogP contribution < -0.4 is 0 Å².